The fraction of sp³-hybridized carbons (Fsp3) is 0.182. The molecule has 0 saturated heterocycles. The Balaban J connectivity index is 1.90. The van der Waals surface area contributed by atoms with Crippen LogP contribution in [0, 0.1) is 6.92 Å². The van der Waals surface area contributed by atoms with Gasteiger partial charge in [-0.3, -0.25) is 4.79 Å². The number of nitrogens with one attached hydrogen (secondary N) is 1. The van der Waals surface area contributed by atoms with Crippen LogP contribution in [0.1, 0.15) is 29.7 Å². The molecule has 26 heavy (non-hydrogen) atoms. The predicted molar refractivity (Wildman–Crippen MR) is 103 cm³/mol. The highest BCUT2D eigenvalue weighted by molar-refractivity contribution is 6.08. The van der Waals surface area contributed by atoms with Crippen molar-refractivity contribution in [3.8, 4) is 0 Å². The van der Waals surface area contributed by atoms with E-state index in [2.05, 4.69) is 5.32 Å². The number of allylic oxidation sites excluding steroid dienone is 1. The van der Waals surface area contributed by atoms with Gasteiger partial charge in [-0.05, 0) is 31.1 Å². The second kappa shape index (κ2) is 7.83. The van der Waals surface area contributed by atoms with Gasteiger partial charge in [0.15, 0.2) is 5.78 Å². The summed E-state index contributed by atoms with van der Waals surface area (Å²) in [5, 5.41) is 2.93. The number of hydrogen-bond donors (Lipinski definition) is 1. The third-order valence-corrected chi connectivity index (χ3v) is 4.40. The van der Waals surface area contributed by atoms with E-state index in [1.54, 1.807) is 18.4 Å². The van der Waals surface area contributed by atoms with Gasteiger partial charge in [-0.15, -0.1) is 0 Å². The van der Waals surface area contributed by atoms with Gasteiger partial charge in [-0.25, -0.2) is 4.79 Å². The minimum absolute atomic E-state index is 0.113. The summed E-state index contributed by atoms with van der Waals surface area (Å²) in [5.74, 6) is -0.113. The van der Waals surface area contributed by atoms with Crippen LogP contribution >= 0.6 is 0 Å². The molecule has 0 saturated carbocycles. The van der Waals surface area contributed by atoms with Crippen LogP contribution in [0.15, 0.2) is 72.4 Å². The number of ketones is 1. The van der Waals surface area contributed by atoms with Gasteiger partial charge < -0.3 is 10.2 Å². The molecule has 1 unspecified atom stereocenters. The molecule has 1 aliphatic rings. The minimum Gasteiger partial charge on any atom is -0.327 e. The molecule has 1 heterocycles. The fourth-order valence-electron chi connectivity index (χ4n) is 2.88. The van der Waals surface area contributed by atoms with Crippen molar-refractivity contribution in [3.63, 3.8) is 0 Å². The van der Waals surface area contributed by atoms with E-state index < -0.39 is 6.04 Å². The molecule has 0 fully saturated rings. The molecule has 2 aromatic rings. The number of rotatable bonds is 5. The largest absolute Gasteiger partial charge is 0.327 e. The number of nitrogens with zero attached hydrogens (tertiary/aromatic N) is 1. The lowest BCUT2D eigenvalue weighted by Gasteiger charge is -2.31. The van der Waals surface area contributed by atoms with Gasteiger partial charge in [0, 0.05) is 18.3 Å². The topological polar surface area (TPSA) is 49.4 Å². The van der Waals surface area contributed by atoms with Crippen molar-refractivity contribution in [2.75, 3.05) is 6.54 Å². The number of aryl methyl sites for hydroxylation is 1. The average molecular weight is 346 g/mol. The maximum atomic E-state index is 12.9. The van der Waals surface area contributed by atoms with Gasteiger partial charge in [-0.2, -0.15) is 0 Å². The normalized spacial score (nSPS) is 17.2. The highest BCUT2D eigenvalue weighted by atomic mass is 16.2. The van der Waals surface area contributed by atoms with Crippen LogP contribution in [0.2, 0.25) is 0 Å². The molecule has 0 radical (unpaired) electrons. The summed E-state index contributed by atoms with van der Waals surface area (Å²) < 4.78 is 0. The molecule has 0 aromatic heterocycles. The van der Waals surface area contributed by atoms with Crippen LogP contribution < -0.4 is 5.32 Å². The molecule has 2 amide bonds. The second-order valence-corrected chi connectivity index (χ2v) is 6.27. The van der Waals surface area contributed by atoms with Crippen molar-refractivity contribution in [2.24, 2.45) is 0 Å². The molecule has 0 spiro atoms. The van der Waals surface area contributed by atoms with Crippen molar-refractivity contribution >= 4 is 17.9 Å². The molecule has 4 heteroatoms. The van der Waals surface area contributed by atoms with Crippen molar-refractivity contribution in [2.45, 2.75) is 19.9 Å². The van der Waals surface area contributed by atoms with Crippen LogP contribution in [0.3, 0.4) is 0 Å². The van der Waals surface area contributed by atoms with Gasteiger partial charge in [-0.1, -0.05) is 66.2 Å². The Kier molecular flexibility index (Phi) is 5.32. The monoisotopic (exact) mass is 346 g/mol. The van der Waals surface area contributed by atoms with Gasteiger partial charge in [0.1, 0.15) is 0 Å². The molecule has 1 aliphatic heterocycles. The number of hydrogen-bond acceptors (Lipinski definition) is 2. The molecule has 132 valence electrons. The Morgan fingerprint density at radius 3 is 2.46 bits per heavy atom. The lowest BCUT2D eigenvalue weighted by Crippen LogP contribution is -2.44. The van der Waals surface area contributed by atoms with Gasteiger partial charge >= 0.3 is 6.03 Å². The molecule has 2 aromatic carbocycles. The summed E-state index contributed by atoms with van der Waals surface area (Å²) in [6, 6.07) is 16.9. The average Bonchev–Trinajstić information content (AvgIpc) is 2.67. The maximum Gasteiger partial charge on any atom is 0.322 e. The molecule has 0 aliphatic carbocycles. The van der Waals surface area contributed by atoms with Crippen molar-refractivity contribution in [1.29, 1.82) is 0 Å². The maximum absolute atomic E-state index is 12.9. The zero-order valence-corrected chi connectivity index (χ0v) is 15.0. The quantitative estimate of drug-likeness (QED) is 0.823. The van der Waals surface area contributed by atoms with Crippen molar-refractivity contribution < 1.29 is 9.59 Å². The summed E-state index contributed by atoms with van der Waals surface area (Å²) in [5.41, 5.74) is 3.59. The number of benzene rings is 2. The molecular formula is C22H22N2O2. The van der Waals surface area contributed by atoms with Gasteiger partial charge in [0.25, 0.3) is 0 Å². The van der Waals surface area contributed by atoms with Crippen LogP contribution in [-0.4, -0.2) is 23.3 Å². The Morgan fingerprint density at radius 1 is 1.12 bits per heavy atom. The van der Waals surface area contributed by atoms with Crippen molar-refractivity contribution in [3.05, 3.63) is 89.1 Å². The highest BCUT2D eigenvalue weighted by Gasteiger charge is 2.30. The molecular weight excluding hydrogens is 324 g/mol. The van der Waals surface area contributed by atoms with Gasteiger partial charge in [0.2, 0.25) is 0 Å². The lowest BCUT2D eigenvalue weighted by molar-refractivity contribution is -0.111. The summed E-state index contributed by atoms with van der Waals surface area (Å²) in [4.78, 5) is 26.6. The lowest BCUT2D eigenvalue weighted by atomic mass is 9.94. The number of carbonyl (C=O) groups excluding carboxylic acids is 2. The smallest absolute Gasteiger partial charge is 0.322 e. The third-order valence-electron chi connectivity index (χ3n) is 4.40. The second-order valence-electron chi connectivity index (χ2n) is 6.27. The predicted octanol–water partition coefficient (Wildman–Crippen LogP) is 4.25. The van der Waals surface area contributed by atoms with E-state index in [0.29, 0.717) is 12.1 Å². The van der Waals surface area contributed by atoms with E-state index in [1.165, 1.54) is 10.5 Å². The third kappa shape index (κ3) is 3.91. The van der Waals surface area contributed by atoms with E-state index in [0.717, 1.165) is 11.1 Å². The first kappa shape index (κ1) is 17.7. The Hall–Kier alpha value is -3.14. The number of urea groups is 1. The summed E-state index contributed by atoms with van der Waals surface area (Å²) in [6.45, 7) is 4.41. The summed E-state index contributed by atoms with van der Waals surface area (Å²) in [6.07, 6.45) is 5.04. The Labute approximate surface area is 153 Å². The van der Waals surface area contributed by atoms with E-state index in [-0.39, 0.29) is 11.8 Å². The molecule has 0 bridgehead atoms. The highest BCUT2D eigenvalue weighted by Crippen LogP contribution is 2.27. The summed E-state index contributed by atoms with van der Waals surface area (Å²) >= 11 is 0. The van der Waals surface area contributed by atoms with Crippen LogP contribution in [-0.2, 0) is 4.79 Å². The minimum atomic E-state index is -0.443. The van der Waals surface area contributed by atoms with Crippen LogP contribution in [0.5, 0.6) is 0 Å². The van der Waals surface area contributed by atoms with E-state index >= 15 is 0 Å². The van der Waals surface area contributed by atoms with E-state index in [1.807, 2.05) is 68.4 Å². The Morgan fingerprint density at radius 2 is 1.81 bits per heavy atom. The van der Waals surface area contributed by atoms with Crippen molar-refractivity contribution in [1.82, 2.24) is 10.2 Å². The zero-order valence-electron chi connectivity index (χ0n) is 15.0. The molecule has 1 N–H and O–H groups in total. The first-order valence-electron chi connectivity index (χ1n) is 8.71. The molecule has 3 rings (SSSR count). The van der Waals surface area contributed by atoms with Crippen LogP contribution in [0.4, 0.5) is 4.79 Å². The fourth-order valence-corrected chi connectivity index (χ4v) is 2.88. The number of amides is 2. The van der Waals surface area contributed by atoms with E-state index in [4.69, 9.17) is 0 Å². The SMILES string of the molecule is CCN1C=C(C(=O)C=Cc2ccc(C)cc2)C(c2ccccc2)NC1=O. The van der Waals surface area contributed by atoms with E-state index in [9.17, 15) is 9.59 Å². The zero-order chi connectivity index (χ0) is 18.5. The molecule has 1 atom stereocenters. The van der Waals surface area contributed by atoms with Crippen LogP contribution in [0.25, 0.3) is 6.08 Å². The first-order chi connectivity index (χ1) is 12.6. The first-order valence-corrected chi connectivity index (χ1v) is 8.71. The van der Waals surface area contributed by atoms with Gasteiger partial charge in [0.05, 0.1) is 6.04 Å². The number of carbonyl (C=O) groups is 2. The standard InChI is InChI=1S/C22H22N2O2/c1-3-24-15-19(20(25)14-13-17-11-9-16(2)10-12-17)21(23-22(24)26)18-7-5-4-6-8-18/h4-15,21H,3H2,1-2H3,(H,23,26). The molecule has 4 nitrogen and oxygen atoms in total. The Bertz CT molecular complexity index is 851. The summed E-state index contributed by atoms with van der Waals surface area (Å²) in [7, 11) is 0.